The van der Waals surface area contributed by atoms with Crippen molar-refractivity contribution in [3.05, 3.63) is 88.0 Å². The minimum Gasteiger partial charge on any atom is -0.486 e. The van der Waals surface area contributed by atoms with E-state index in [2.05, 4.69) is 16.0 Å². The number of amides is 1. The number of hydrogen-bond acceptors (Lipinski definition) is 16. The number of benzene rings is 3. The molecule has 2 bridgehead atoms. The molecule has 1 amide bonds. The Morgan fingerprint density at radius 3 is 2.49 bits per heavy atom. The van der Waals surface area contributed by atoms with Gasteiger partial charge in [0.15, 0.2) is 23.1 Å². The van der Waals surface area contributed by atoms with E-state index in [0.29, 0.717) is 23.1 Å². The molecule has 10 unspecified atom stereocenters. The first-order valence-corrected chi connectivity index (χ1v) is 18.1. The number of anilines is 1. The van der Waals surface area contributed by atoms with Crippen LogP contribution in [0.2, 0.25) is 0 Å². The molecule has 4 heterocycles. The molecule has 17 nitrogen and oxygen atoms in total. The van der Waals surface area contributed by atoms with Gasteiger partial charge in [0.1, 0.15) is 55.8 Å². The topological polar surface area (TPSA) is 251 Å². The quantitative estimate of drug-likeness (QED) is 0.100. The van der Waals surface area contributed by atoms with Gasteiger partial charge in [0, 0.05) is 46.9 Å². The fourth-order valence-corrected chi connectivity index (χ4v) is 8.00. The Morgan fingerprint density at radius 1 is 0.964 bits per heavy atom. The largest absolute Gasteiger partial charge is 0.486 e. The van der Waals surface area contributed by atoms with Crippen LogP contribution in [0.25, 0.3) is 0 Å². The summed E-state index contributed by atoms with van der Waals surface area (Å²) in [6.07, 6.45) is -10.1. The molecule has 4 aliphatic heterocycles. The maximum Gasteiger partial charge on any atom is 0.242 e. The Labute approximate surface area is 314 Å². The van der Waals surface area contributed by atoms with E-state index in [1.54, 1.807) is 24.3 Å². The molecule has 9 N–H and O–H groups in total. The fourth-order valence-electron chi connectivity index (χ4n) is 8.00. The summed E-state index contributed by atoms with van der Waals surface area (Å²) in [7, 11) is 0. The number of aliphatic hydroxyl groups is 4. The van der Waals surface area contributed by atoms with Crippen molar-refractivity contribution in [2.24, 2.45) is 5.73 Å². The normalized spacial score (nSPS) is 30.7. The molecule has 55 heavy (non-hydrogen) atoms. The maximum atomic E-state index is 14.4. The number of carbonyl (C=O) groups is 4. The Bertz CT molecular complexity index is 2010. The van der Waals surface area contributed by atoms with Crippen molar-refractivity contribution in [3.63, 3.8) is 0 Å². The van der Waals surface area contributed by atoms with Crippen molar-refractivity contribution in [2.75, 3.05) is 31.4 Å². The van der Waals surface area contributed by atoms with Crippen molar-refractivity contribution in [3.8, 4) is 11.5 Å². The lowest BCUT2D eigenvalue weighted by Crippen LogP contribution is -2.70. The second-order valence-corrected chi connectivity index (χ2v) is 14.1. The van der Waals surface area contributed by atoms with E-state index in [0.717, 1.165) is 0 Å². The van der Waals surface area contributed by atoms with Gasteiger partial charge in [-0.15, -0.1) is 0 Å². The molecule has 290 valence electrons. The number of nitrogens with one attached hydrogen (secondary N) is 3. The Morgan fingerprint density at radius 2 is 1.71 bits per heavy atom. The lowest BCUT2D eigenvalue weighted by molar-refractivity contribution is -0.279. The Balaban J connectivity index is 1.35. The number of hydrogen-bond donors (Lipinski definition) is 8. The van der Waals surface area contributed by atoms with Gasteiger partial charge >= 0.3 is 0 Å². The van der Waals surface area contributed by atoms with Crippen LogP contribution in [0.15, 0.2) is 54.6 Å². The predicted octanol–water partition coefficient (Wildman–Crippen LogP) is -1.45. The van der Waals surface area contributed by atoms with Gasteiger partial charge in [-0.2, -0.15) is 0 Å². The zero-order valence-electron chi connectivity index (χ0n) is 29.4. The molecule has 1 aliphatic carbocycles. The van der Waals surface area contributed by atoms with Crippen molar-refractivity contribution < 1.29 is 58.6 Å². The summed E-state index contributed by atoms with van der Waals surface area (Å²) in [5, 5.41) is 52.6. The number of ether oxygens (including phenoxy) is 4. The van der Waals surface area contributed by atoms with Gasteiger partial charge in [-0.1, -0.05) is 42.5 Å². The van der Waals surface area contributed by atoms with Crippen molar-refractivity contribution in [1.82, 2.24) is 16.0 Å². The zero-order chi connectivity index (χ0) is 38.5. The van der Waals surface area contributed by atoms with Crippen LogP contribution in [-0.2, 0) is 19.1 Å². The minimum atomic E-state index is -1.80. The smallest absolute Gasteiger partial charge is 0.242 e. The summed E-state index contributed by atoms with van der Waals surface area (Å²) in [5.74, 6) is -2.43. The van der Waals surface area contributed by atoms with E-state index in [-0.39, 0.29) is 72.4 Å². The molecule has 3 aromatic rings. The van der Waals surface area contributed by atoms with Gasteiger partial charge in [-0.05, 0) is 24.1 Å². The van der Waals surface area contributed by atoms with E-state index in [1.165, 1.54) is 6.07 Å². The van der Waals surface area contributed by atoms with Crippen LogP contribution < -0.4 is 36.1 Å². The summed E-state index contributed by atoms with van der Waals surface area (Å²) >= 11 is 0. The fraction of sp³-hybridized carbons (Fsp3) is 0.421. The number of fused-ring (bicyclic) bond motifs is 6. The summed E-state index contributed by atoms with van der Waals surface area (Å²) in [6.45, 7) is -0.364. The average molecular weight is 760 g/mol. The van der Waals surface area contributed by atoms with E-state index in [4.69, 9.17) is 24.7 Å². The predicted molar refractivity (Wildman–Crippen MR) is 190 cm³/mol. The van der Waals surface area contributed by atoms with Crippen LogP contribution in [0.5, 0.6) is 11.5 Å². The van der Waals surface area contributed by atoms with E-state index in [1.807, 2.05) is 29.2 Å². The average Bonchev–Trinajstić information content (AvgIpc) is 3.60. The lowest BCUT2D eigenvalue weighted by atomic mass is 9.79. The molecule has 8 rings (SSSR count). The van der Waals surface area contributed by atoms with Crippen LogP contribution in [0.4, 0.5) is 5.69 Å². The second-order valence-electron chi connectivity index (χ2n) is 14.1. The van der Waals surface area contributed by atoms with Gasteiger partial charge < -0.3 is 54.4 Å². The third kappa shape index (κ3) is 6.56. The highest BCUT2D eigenvalue weighted by atomic mass is 16.7. The van der Waals surface area contributed by atoms with E-state index < -0.39 is 79.4 Å². The molecule has 3 aromatic carbocycles. The monoisotopic (exact) mass is 759 g/mol. The Hall–Kier alpha value is -4.82. The van der Waals surface area contributed by atoms with Crippen molar-refractivity contribution in [2.45, 2.75) is 74.1 Å². The SMILES string of the molecule is NC1NC(=O)C2NCN(c3ccccc3C3CCOCC4OC(Oc5c3cc3c(c5OCC(O)CC=O)C(=O)c5ccccc5C3=O)C(O)C(O)C4O)C2N1. The van der Waals surface area contributed by atoms with E-state index >= 15 is 0 Å². The highest BCUT2D eigenvalue weighted by Crippen LogP contribution is 2.49. The van der Waals surface area contributed by atoms with Crippen molar-refractivity contribution in [1.29, 1.82) is 0 Å². The highest BCUT2D eigenvalue weighted by molar-refractivity contribution is 6.29. The third-order valence-electron chi connectivity index (χ3n) is 10.7. The molecule has 3 saturated heterocycles. The third-order valence-corrected chi connectivity index (χ3v) is 10.7. The van der Waals surface area contributed by atoms with Crippen LogP contribution in [0.1, 0.15) is 61.7 Å². The van der Waals surface area contributed by atoms with Crippen LogP contribution in [-0.4, -0.2) is 126 Å². The Kier molecular flexibility index (Phi) is 10.1. The number of ketones is 2. The highest BCUT2D eigenvalue weighted by Gasteiger charge is 2.48. The van der Waals surface area contributed by atoms with Crippen LogP contribution in [0.3, 0.4) is 0 Å². The number of para-hydroxylation sites is 1. The molecule has 5 aliphatic rings. The summed E-state index contributed by atoms with van der Waals surface area (Å²) in [4.78, 5) is 54.9. The molecular formula is C38H41N5O12. The molecule has 0 radical (unpaired) electrons. The molecule has 0 aromatic heterocycles. The van der Waals surface area contributed by atoms with Crippen LogP contribution in [0, 0.1) is 0 Å². The lowest BCUT2D eigenvalue weighted by Gasteiger charge is -2.40. The van der Waals surface area contributed by atoms with Gasteiger partial charge in [0.05, 0.1) is 24.9 Å². The first-order chi connectivity index (χ1) is 26.6. The number of nitrogens with two attached hydrogens (primary N) is 1. The molecule has 10 atom stereocenters. The van der Waals surface area contributed by atoms with Crippen LogP contribution >= 0.6 is 0 Å². The zero-order valence-corrected chi connectivity index (χ0v) is 29.4. The molecule has 17 heteroatoms. The number of carbonyl (C=O) groups excluding carboxylic acids is 4. The summed E-state index contributed by atoms with van der Waals surface area (Å²) in [5.41, 5.74) is 7.89. The number of nitrogens with zero attached hydrogens (tertiary/aromatic N) is 1. The minimum absolute atomic E-state index is 0.0119. The first-order valence-electron chi connectivity index (χ1n) is 18.1. The summed E-state index contributed by atoms with van der Waals surface area (Å²) < 4.78 is 24.7. The first kappa shape index (κ1) is 37.1. The summed E-state index contributed by atoms with van der Waals surface area (Å²) in [6, 6.07) is 14.6. The van der Waals surface area contributed by atoms with Gasteiger partial charge in [-0.25, -0.2) is 0 Å². The standard InChI is InChI=1S/C38H41N5O12/c39-38-41-35-27(36(51)42-38)40-16-43(35)24-8-4-3-5-19(24)18-10-12-52-15-25-30(48)31(49)32(50)37(54-25)55-33-22(18)13-23-26(34(33)53-14-17(45)9-11-44)29(47)21-7-2-1-6-20(21)28(23)46/h1-8,11,13,17-18,25,27,30-32,35,37-38,40-41,45,48-50H,9-10,12,14-16,39H2,(H,42,51). The van der Waals surface area contributed by atoms with Gasteiger partial charge in [0.2, 0.25) is 12.2 Å². The number of aliphatic hydroxyl groups excluding tert-OH is 4. The molecule has 0 saturated carbocycles. The molecule has 3 fully saturated rings. The van der Waals surface area contributed by atoms with E-state index in [9.17, 15) is 39.6 Å². The molecular weight excluding hydrogens is 718 g/mol. The molecule has 0 spiro atoms. The second kappa shape index (κ2) is 15.0. The number of rotatable bonds is 7. The van der Waals surface area contributed by atoms with Gasteiger partial charge in [0.25, 0.3) is 0 Å². The number of aldehydes is 1. The van der Waals surface area contributed by atoms with Gasteiger partial charge in [-0.3, -0.25) is 30.8 Å². The maximum absolute atomic E-state index is 14.4. The van der Waals surface area contributed by atoms with Crippen molar-refractivity contribution >= 4 is 29.4 Å².